The normalized spacial score (nSPS) is 11.0. The molecular weight excluding hydrogens is 353 g/mol. The summed E-state index contributed by atoms with van der Waals surface area (Å²) in [5.74, 6) is -0.429. The summed E-state index contributed by atoms with van der Waals surface area (Å²) in [5, 5.41) is 3.44. The lowest BCUT2D eigenvalue weighted by Gasteiger charge is -2.07. The smallest absolute Gasteiger partial charge is 0.262 e. The van der Waals surface area contributed by atoms with Crippen LogP contribution in [0.1, 0.15) is 22.4 Å². The van der Waals surface area contributed by atoms with Gasteiger partial charge in [0.05, 0.1) is 11.7 Å². The summed E-state index contributed by atoms with van der Waals surface area (Å²) in [6, 6.07) is 6.32. The zero-order valence-electron chi connectivity index (χ0n) is 14.7. The van der Waals surface area contributed by atoms with Crippen molar-refractivity contribution in [2.24, 2.45) is 0 Å². The molecule has 3 rings (SSSR count). The molecule has 0 atom stereocenters. The van der Waals surface area contributed by atoms with Crippen molar-refractivity contribution in [1.29, 1.82) is 0 Å². The zero-order chi connectivity index (χ0) is 18.7. The van der Waals surface area contributed by atoms with Crippen molar-refractivity contribution >= 4 is 27.5 Å². The number of thiophene rings is 1. The molecule has 136 valence electrons. The fourth-order valence-electron chi connectivity index (χ4n) is 2.78. The summed E-state index contributed by atoms with van der Waals surface area (Å²) in [6.45, 7) is 4.59. The number of halogens is 1. The summed E-state index contributed by atoms with van der Waals surface area (Å²) in [4.78, 5) is 30.7. The largest absolute Gasteiger partial charge is 0.356 e. The summed E-state index contributed by atoms with van der Waals surface area (Å²) in [5.41, 5.74) is 1.68. The third kappa shape index (κ3) is 3.99. The fraction of sp³-hybridized carbons (Fsp3) is 0.316. The van der Waals surface area contributed by atoms with Gasteiger partial charge >= 0.3 is 0 Å². The predicted octanol–water partition coefficient (Wildman–Crippen LogP) is 2.96. The van der Waals surface area contributed by atoms with Crippen LogP contribution in [0, 0.1) is 19.7 Å². The first-order chi connectivity index (χ1) is 12.5. The van der Waals surface area contributed by atoms with E-state index in [-0.39, 0.29) is 30.2 Å². The number of nitrogens with one attached hydrogen (secondary N) is 1. The number of hydrogen-bond donors (Lipinski definition) is 1. The Kier molecular flexibility index (Phi) is 5.46. The van der Waals surface area contributed by atoms with Crippen LogP contribution in [-0.4, -0.2) is 22.0 Å². The molecule has 0 bridgehead atoms. The summed E-state index contributed by atoms with van der Waals surface area (Å²) >= 11 is 1.51. The molecule has 0 unspecified atom stereocenters. The van der Waals surface area contributed by atoms with Crippen molar-refractivity contribution in [3.8, 4) is 0 Å². The predicted molar refractivity (Wildman–Crippen MR) is 101 cm³/mol. The summed E-state index contributed by atoms with van der Waals surface area (Å²) in [6.07, 6.45) is 2.25. The summed E-state index contributed by atoms with van der Waals surface area (Å²) < 4.78 is 14.6. The first-order valence-corrected chi connectivity index (χ1v) is 9.23. The van der Waals surface area contributed by atoms with Crippen LogP contribution in [0.3, 0.4) is 0 Å². The molecule has 1 aromatic carbocycles. The van der Waals surface area contributed by atoms with Gasteiger partial charge in [-0.25, -0.2) is 9.37 Å². The van der Waals surface area contributed by atoms with Gasteiger partial charge < -0.3 is 5.32 Å². The summed E-state index contributed by atoms with van der Waals surface area (Å²) in [7, 11) is 0. The maximum atomic E-state index is 13.1. The van der Waals surface area contributed by atoms with E-state index in [0.29, 0.717) is 18.4 Å². The number of aromatic nitrogens is 2. The molecule has 2 aromatic heterocycles. The number of nitrogens with zero attached hydrogens (tertiary/aromatic N) is 2. The van der Waals surface area contributed by atoms with Gasteiger partial charge in [-0.1, -0.05) is 12.1 Å². The number of rotatable bonds is 6. The van der Waals surface area contributed by atoms with Crippen molar-refractivity contribution in [2.75, 3.05) is 6.54 Å². The quantitative estimate of drug-likeness (QED) is 0.723. The van der Waals surface area contributed by atoms with Crippen LogP contribution in [0.2, 0.25) is 0 Å². The van der Waals surface area contributed by atoms with Crippen molar-refractivity contribution in [2.45, 2.75) is 33.2 Å². The molecule has 26 heavy (non-hydrogen) atoms. The minimum absolute atomic E-state index is 0.107. The number of amides is 1. The van der Waals surface area contributed by atoms with E-state index in [9.17, 15) is 14.0 Å². The molecule has 7 heteroatoms. The zero-order valence-corrected chi connectivity index (χ0v) is 15.5. The van der Waals surface area contributed by atoms with Crippen molar-refractivity contribution < 1.29 is 9.18 Å². The van der Waals surface area contributed by atoms with Crippen LogP contribution in [0.5, 0.6) is 0 Å². The molecule has 0 saturated carbocycles. The average Bonchev–Trinajstić information content (AvgIpc) is 2.89. The Labute approximate surface area is 154 Å². The Morgan fingerprint density at radius 1 is 1.35 bits per heavy atom. The molecule has 0 radical (unpaired) electrons. The van der Waals surface area contributed by atoms with E-state index in [2.05, 4.69) is 10.3 Å². The van der Waals surface area contributed by atoms with E-state index in [1.54, 1.807) is 6.07 Å². The van der Waals surface area contributed by atoms with Crippen molar-refractivity contribution in [3.05, 3.63) is 62.8 Å². The third-order valence-corrected chi connectivity index (χ3v) is 5.48. The number of hydrogen-bond acceptors (Lipinski definition) is 4. The highest BCUT2D eigenvalue weighted by Gasteiger charge is 2.12. The molecule has 3 aromatic rings. The monoisotopic (exact) mass is 373 g/mol. The van der Waals surface area contributed by atoms with E-state index in [1.165, 1.54) is 34.4 Å². The molecule has 5 nitrogen and oxygen atoms in total. The van der Waals surface area contributed by atoms with E-state index < -0.39 is 0 Å². The molecule has 0 aliphatic carbocycles. The Bertz CT molecular complexity index is 1010. The van der Waals surface area contributed by atoms with Crippen LogP contribution in [0.25, 0.3) is 10.2 Å². The fourth-order valence-corrected chi connectivity index (χ4v) is 3.77. The van der Waals surface area contributed by atoms with Crippen molar-refractivity contribution in [3.63, 3.8) is 0 Å². The standard InChI is InChI=1S/C19H20FN3O2S/c1-12-13(2)26-18-17(12)19(25)23(11-22-18)9-7-16(24)21-8-6-14-4-3-5-15(20)10-14/h3-5,10-11H,6-9H2,1-2H3,(H,21,24). The van der Waals surface area contributed by atoms with Gasteiger partial charge in [-0.05, 0) is 43.5 Å². The van der Waals surface area contributed by atoms with Crippen LogP contribution in [0.15, 0.2) is 35.4 Å². The van der Waals surface area contributed by atoms with Gasteiger partial charge in [0.15, 0.2) is 0 Å². The second kappa shape index (κ2) is 7.78. The van der Waals surface area contributed by atoms with Crippen molar-refractivity contribution in [1.82, 2.24) is 14.9 Å². The SMILES string of the molecule is Cc1sc2ncn(CCC(=O)NCCc3cccc(F)c3)c(=O)c2c1C. The van der Waals surface area contributed by atoms with Gasteiger partial charge in [-0.3, -0.25) is 14.2 Å². The average molecular weight is 373 g/mol. The number of benzene rings is 1. The Hall–Kier alpha value is -2.54. The van der Waals surface area contributed by atoms with E-state index in [1.807, 2.05) is 19.9 Å². The van der Waals surface area contributed by atoms with Gasteiger partial charge in [0, 0.05) is 24.4 Å². The minimum Gasteiger partial charge on any atom is -0.356 e. The highest BCUT2D eigenvalue weighted by Crippen LogP contribution is 2.25. The van der Waals surface area contributed by atoms with Gasteiger partial charge in [0.2, 0.25) is 5.91 Å². The molecule has 2 heterocycles. The Morgan fingerprint density at radius 2 is 2.15 bits per heavy atom. The van der Waals surface area contributed by atoms with Crippen LogP contribution >= 0.6 is 11.3 Å². The Balaban J connectivity index is 1.56. The maximum Gasteiger partial charge on any atom is 0.262 e. The third-order valence-electron chi connectivity index (χ3n) is 4.36. The van der Waals surface area contributed by atoms with Gasteiger partial charge in [-0.15, -0.1) is 11.3 Å². The first kappa shape index (κ1) is 18.3. The Morgan fingerprint density at radius 3 is 2.92 bits per heavy atom. The number of fused-ring (bicyclic) bond motifs is 1. The van der Waals surface area contributed by atoms with E-state index in [0.717, 1.165) is 20.8 Å². The van der Waals surface area contributed by atoms with Crippen LogP contribution in [0.4, 0.5) is 4.39 Å². The highest BCUT2D eigenvalue weighted by molar-refractivity contribution is 7.18. The van der Waals surface area contributed by atoms with Gasteiger partial charge in [0.1, 0.15) is 10.6 Å². The molecule has 1 amide bonds. The van der Waals surface area contributed by atoms with Crippen LogP contribution < -0.4 is 10.9 Å². The minimum atomic E-state index is -0.282. The second-order valence-electron chi connectivity index (χ2n) is 6.19. The van der Waals surface area contributed by atoms with E-state index >= 15 is 0 Å². The first-order valence-electron chi connectivity index (χ1n) is 8.42. The number of carbonyl (C=O) groups excluding carboxylic acids is 1. The molecule has 0 saturated heterocycles. The lowest BCUT2D eigenvalue weighted by Crippen LogP contribution is -2.29. The molecule has 0 fully saturated rings. The molecular formula is C19H20FN3O2S. The second-order valence-corrected chi connectivity index (χ2v) is 7.39. The highest BCUT2D eigenvalue weighted by atomic mass is 32.1. The van der Waals surface area contributed by atoms with Crippen LogP contribution in [-0.2, 0) is 17.8 Å². The lowest BCUT2D eigenvalue weighted by atomic mass is 10.1. The lowest BCUT2D eigenvalue weighted by molar-refractivity contribution is -0.121. The van der Waals surface area contributed by atoms with Gasteiger partial charge in [0.25, 0.3) is 5.56 Å². The number of carbonyl (C=O) groups is 1. The van der Waals surface area contributed by atoms with E-state index in [4.69, 9.17) is 0 Å². The number of aryl methyl sites for hydroxylation is 3. The molecule has 0 aliphatic rings. The molecule has 1 N–H and O–H groups in total. The molecule has 0 aliphatic heterocycles. The topological polar surface area (TPSA) is 64.0 Å². The maximum absolute atomic E-state index is 13.1. The molecule has 0 spiro atoms. The van der Waals surface area contributed by atoms with Gasteiger partial charge in [-0.2, -0.15) is 0 Å².